The van der Waals surface area contributed by atoms with Gasteiger partial charge in [-0.15, -0.1) is 0 Å². The number of aryl methyl sites for hydroxylation is 1. The molecule has 0 amide bonds. The molecule has 2 atom stereocenters. The lowest BCUT2D eigenvalue weighted by Gasteiger charge is -2.08. The summed E-state index contributed by atoms with van der Waals surface area (Å²) in [5.41, 5.74) is 1.37. The first kappa shape index (κ1) is 9.29. The fourth-order valence-electron chi connectivity index (χ4n) is 2.00. The summed E-state index contributed by atoms with van der Waals surface area (Å²) in [7, 11) is 0. The van der Waals surface area contributed by atoms with E-state index in [9.17, 15) is 0 Å². The SMILES string of the molecule is Cc1ccccc1SC1=CC2CC2C=C1. The minimum atomic E-state index is 0.849. The van der Waals surface area contributed by atoms with Crippen molar-refractivity contribution in [3.63, 3.8) is 0 Å². The largest absolute Gasteiger partial charge is 0.0902 e. The van der Waals surface area contributed by atoms with Crippen LogP contribution in [0.4, 0.5) is 0 Å². The molecule has 76 valence electrons. The number of allylic oxidation sites excluding steroid dienone is 3. The van der Waals surface area contributed by atoms with Crippen LogP contribution in [0, 0.1) is 18.8 Å². The minimum Gasteiger partial charge on any atom is -0.0902 e. The highest BCUT2D eigenvalue weighted by molar-refractivity contribution is 8.03. The molecule has 1 heteroatoms. The summed E-state index contributed by atoms with van der Waals surface area (Å²) in [6.07, 6.45) is 8.45. The van der Waals surface area contributed by atoms with Gasteiger partial charge in [-0.1, -0.05) is 48.2 Å². The van der Waals surface area contributed by atoms with E-state index in [1.54, 1.807) is 0 Å². The van der Waals surface area contributed by atoms with E-state index in [0.717, 1.165) is 11.8 Å². The summed E-state index contributed by atoms with van der Waals surface area (Å²) >= 11 is 1.90. The standard InChI is InChI=1S/C14H14S/c1-10-4-2-3-5-14(10)15-13-7-6-11-8-12(11)9-13/h2-7,9,11-12H,8H2,1H3. The Morgan fingerprint density at radius 2 is 2.07 bits per heavy atom. The highest BCUT2D eigenvalue weighted by Crippen LogP contribution is 2.47. The number of benzene rings is 1. The fourth-order valence-corrected chi connectivity index (χ4v) is 3.02. The van der Waals surface area contributed by atoms with E-state index in [0.29, 0.717) is 0 Å². The quantitative estimate of drug-likeness (QED) is 0.711. The number of thioether (sulfide) groups is 1. The molecule has 3 rings (SSSR count). The Bertz CT molecular complexity index is 442. The van der Waals surface area contributed by atoms with Gasteiger partial charge in [-0.3, -0.25) is 0 Å². The topological polar surface area (TPSA) is 0 Å². The Hall–Kier alpha value is -0.950. The van der Waals surface area contributed by atoms with Crippen molar-refractivity contribution in [1.82, 2.24) is 0 Å². The molecule has 0 nitrogen and oxygen atoms in total. The van der Waals surface area contributed by atoms with Crippen molar-refractivity contribution >= 4 is 11.8 Å². The second kappa shape index (κ2) is 3.57. The van der Waals surface area contributed by atoms with Crippen LogP contribution < -0.4 is 0 Å². The predicted molar refractivity (Wildman–Crippen MR) is 65.9 cm³/mol. The second-order valence-corrected chi connectivity index (χ2v) is 5.47. The lowest BCUT2D eigenvalue weighted by atomic mass is 10.2. The van der Waals surface area contributed by atoms with Crippen molar-refractivity contribution < 1.29 is 0 Å². The van der Waals surface area contributed by atoms with Crippen LogP contribution in [0.3, 0.4) is 0 Å². The van der Waals surface area contributed by atoms with Gasteiger partial charge in [0.1, 0.15) is 0 Å². The second-order valence-electron chi connectivity index (χ2n) is 4.36. The molecule has 2 unspecified atom stereocenters. The Morgan fingerprint density at radius 3 is 2.87 bits per heavy atom. The van der Waals surface area contributed by atoms with Gasteiger partial charge in [0.15, 0.2) is 0 Å². The van der Waals surface area contributed by atoms with Gasteiger partial charge < -0.3 is 0 Å². The third-order valence-electron chi connectivity index (χ3n) is 3.10. The minimum absolute atomic E-state index is 0.849. The van der Waals surface area contributed by atoms with Crippen LogP contribution in [0.25, 0.3) is 0 Å². The van der Waals surface area contributed by atoms with Gasteiger partial charge in [0.2, 0.25) is 0 Å². The Kier molecular flexibility index (Phi) is 2.21. The monoisotopic (exact) mass is 214 g/mol. The molecule has 0 spiro atoms. The highest BCUT2D eigenvalue weighted by atomic mass is 32.2. The van der Waals surface area contributed by atoms with E-state index < -0.39 is 0 Å². The van der Waals surface area contributed by atoms with E-state index in [1.807, 2.05) is 11.8 Å². The molecule has 0 N–H and O–H groups in total. The Balaban J connectivity index is 1.81. The van der Waals surface area contributed by atoms with Gasteiger partial charge in [0.05, 0.1) is 0 Å². The van der Waals surface area contributed by atoms with Crippen molar-refractivity contribution in [2.45, 2.75) is 18.2 Å². The first-order chi connectivity index (χ1) is 7.33. The summed E-state index contributed by atoms with van der Waals surface area (Å²) < 4.78 is 0. The lowest BCUT2D eigenvalue weighted by Crippen LogP contribution is -1.85. The Morgan fingerprint density at radius 1 is 1.20 bits per heavy atom. The third kappa shape index (κ3) is 1.89. The predicted octanol–water partition coefficient (Wildman–Crippen LogP) is 4.18. The van der Waals surface area contributed by atoms with Crippen molar-refractivity contribution in [2.75, 3.05) is 0 Å². The number of rotatable bonds is 2. The van der Waals surface area contributed by atoms with Gasteiger partial charge in [0, 0.05) is 9.80 Å². The van der Waals surface area contributed by atoms with Crippen molar-refractivity contribution in [1.29, 1.82) is 0 Å². The van der Waals surface area contributed by atoms with Crippen LogP contribution >= 0.6 is 11.8 Å². The number of hydrogen-bond acceptors (Lipinski definition) is 1. The highest BCUT2D eigenvalue weighted by Gasteiger charge is 2.34. The summed E-state index contributed by atoms with van der Waals surface area (Å²) in [6.45, 7) is 2.18. The zero-order valence-electron chi connectivity index (χ0n) is 8.81. The summed E-state index contributed by atoms with van der Waals surface area (Å²) in [6, 6.07) is 8.59. The molecule has 1 aromatic carbocycles. The van der Waals surface area contributed by atoms with E-state index in [-0.39, 0.29) is 0 Å². The molecule has 0 heterocycles. The van der Waals surface area contributed by atoms with Crippen LogP contribution in [-0.2, 0) is 0 Å². The van der Waals surface area contributed by atoms with Gasteiger partial charge in [-0.05, 0) is 36.8 Å². The molecule has 0 bridgehead atoms. The molecule has 1 saturated carbocycles. The van der Waals surface area contributed by atoms with Crippen molar-refractivity contribution in [3.8, 4) is 0 Å². The van der Waals surface area contributed by atoms with Gasteiger partial charge in [-0.25, -0.2) is 0 Å². The maximum absolute atomic E-state index is 2.43. The third-order valence-corrected chi connectivity index (χ3v) is 4.28. The molecule has 1 fully saturated rings. The van der Waals surface area contributed by atoms with Crippen LogP contribution in [0.15, 0.2) is 52.3 Å². The van der Waals surface area contributed by atoms with Crippen LogP contribution in [0.2, 0.25) is 0 Å². The first-order valence-corrected chi connectivity index (χ1v) is 6.28. The lowest BCUT2D eigenvalue weighted by molar-refractivity contribution is 0.977. The first-order valence-electron chi connectivity index (χ1n) is 5.46. The average Bonchev–Trinajstić information content (AvgIpc) is 3.00. The number of fused-ring (bicyclic) bond motifs is 1. The smallest absolute Gasteiger partial charge is 0.0151 e. The van der Waals surface area contributed by atoms with Gasteiger partial charge in [0.25, 0.3) is 0 Å². The Labute approximate surface area is 95.1 Å². The molecule has 0 aliphatic heterocycles. The van der Waals surface area contributed by atoms with E-state index in [4.69, 9.17) is 0 Å². The zero-order chi connectivity index (χ0) is 10.3. The summed E-state index contributed by atoms with van der Waals surface area (Å²) in [4.78, 5) is 2.80. The van der Waals surface area contributed by atoms with E-state index >= 15 is 0 Å². The molecule has 2 aliphatic carbocycles. The average molecular weight is 214 g/mol. The van der Waals surface area contributed by atoms with Gasteiger partial charge >= 0.3 is 0 Å². The summed E-state index contributed by atoms with van der Waals surface area (Å²) in [5.74, 6) is 1.72. The van der Waals surface area contributed by atoms with Crippen molar-refractivity contribution in [2.24, 2.45) is 11.8 Å². The van der Waals surface area contributed by atoms with E-state index in [2.05, 4.69) is 49.4 Å². The fraction of sp³-hybridized carbons (Fsp3) is 0.286. The molecule has 1 aromatic rings. The van der Waals surface area contributed by atoms with Crippen LogP contribution in [-0.4, -0.2) is 0 Å². The molecule has 0 aromatic heterocycles. The molecule has 0 radical (unpaired) electrons. The van der Waals surface area contributed by atoms with Crippen LogP contribution in [0.1, 0.15) is 12.0 Å². The summed E-state index contributed by atoms with van der Waals surface area (Å²) in [5, 5.41) is 0. The molecule has 0 saturated heterocycles. The van der Waals surface area contributed by atoms with Crippen LogP contribution in [0.5, 0.6) is 0 Å². The normalized spacial score (nSPS) is 27.1. The molecule has 15 heavy (non-hydrogen) atoms. The van der Waals surface area contributed by atoms with E-state index in [1.165, 1.54) is 21.8 Å². The maximum atomic E-state index is 2.43. The molecular formula is C14H14S. The number of hydrogen-bond donors (Lipinski definition) is 0. The van der Waals surface area contributed by atoms with Gasteiger partial charge in [-0.2, -0.15) is 0 Å². The maximum Gasteiger partial charge on any atom is 0.0151 e. The zero-order valence-corrected chi connectivity index (χ0v) is 9.63. The molecule has 2 aliphatic rings. The van der Waals surface area contributed by atoms with Crippen molar-refractivity contribution in [3.05, 3.63) is 53.0 Å². The molecular weight excluding hydrogens is 200 g/mol.